The number of imide groups is 1. The summed E-state index contributed by atoms with van der Waals surface area (Å²) >= 11 is 6.20. The number of amides is 3. The van der Waals surface area contributed by atoms with E-state index in [0.717, 1.165) is 16.0 Å². The van der Waals surface area contributed by atoms with Crippen LogP contribution in [0.25, 0.3) is 0 Å². The van der Waals surface area contributed by atoms with Crippen LogP contribution < -0.4 is 5.32 Å². The maximum Gasteiger partial charge on any atom is 0.325 e. The molecule has 0 aromatic heterocycles. The van der Waals surface area contributed by atoms with Crippen LogP contribution in [0.15, 0.2) is 42.5 Å². The Bertz CT molecular complexity index is 925. The van der Waals surface area contributed by atoms with Crippen molar-refractivity contribution in [2.45, 2.75) is 26.3 Å². The number of rotatable bonds is 4. The molecule has 2 aromatic carbocycles. The second kappa shape index (κ2) is 6.57. The van der Waals surface area contributed by atoms with Gasteiger partial charge in [0.1, 0.15) is 5.54 Å². The number of ketones is 1. The summed E-state index contributed by atoms with van der Waals surface area (Å²) in [5, 5.41) is 3.05. The first-order chi connectivity index (χ1) is 12.2. The van der Waals surface area contributed by atoms with Crippen molar-refractivity contribution in [3.05, 3.63) is 69.7 Å². The average Bonchev–Trinajstić information content (AvgIpc) is 2.79. The van der Waals surface area contributed by atoms with Gasteiger partial charge in [0.15, 0.2) is 5.78 Å². The lowest BCUT2D eigenvalue weighted by molar-refractivity contribution is -0.130. The summed E-state index contributed by atoms with van der Waals surface area (Å²) in [6.45, 7) is 5.05. The molecule has 1 saturated heterocycles. The van der Waals surface area contributed by atoms with Gasteiger partial charge in [0, 0.05) is 16.1 Å². The van der Waals surface area contributed by atoms with E-state index in [1.54, 1.807) is 37.3 Å². The average molecular weight is 371 g/mol. The van der Waals surface area contributed by atoms with Crippen LogP contribution in [0, 0.1) is 13.8 Å². The number of nitrogens with zero attached hydrogens (tertiary/aromatic N) is 1. The normalized spacial score (nSPS) is 19.6. The Morgan fingerprint density at radius 2 is 1.85 bits per heavy atom. The predicted molar refractivity (Wildman–Crippen MR) is 99.3 cm³/mol. The van der Waals surface area contributed by atoms with E-state index in [4.69, 9.17) is 11.6 Å². The zero-order chi connectivity index (χ0) is 19.1. The molecule has 134 valence electrons. The van der Waals surface area contributed by atoms with Crippen LogP contribution in [-0.2, 0) is 10.3 Å². The van der Waals surface area contributed by atoms with E-state index >= 15 is 0 Å². The van der Waals surface area contributed by atoms with Crippen LogP contribution in [0.1, 0.15) is 34.0 Å². The number of benzene rings is 2. The van der Waals surface area contributed by atoms with Gasteiger partial charge in [-0.1, -0.05) is 53.6 Å². The standard InChI is InChI=1S/C20H19ClN2O3/c1-12-8-9-14(13(2)10-12)17(24)11-23-18(25)20(3,22-19(23)26)15-6-4-5-7-16(15)21/h4-10H,11H2,1-3H3,(H,22,26)/t20-/m1/s1. The zero-order valence-electron chi connectivity index (χ0n) is 14.8. The van der Waals surface area contributed by atoms with E-state index in [0.29, 0.717) is 16.1 Å². The van der Waals surface area contributed by atoms with Gasteiger partial charge in [-0.05, 0) is 32.4 Å². The highest BCUT2D eigenvalue weighted by molar-refractivity contribution is 6.32. The van der Waals surface area contributed by atoms with E-state index in [9.17, 15) is 14.4 Å². The Morgan fingerprint density at radius 3 is 2.50 bits per heavy atom. The molecule has 3 amide bonds. The van der Waals surface area contributed by atoms with Gasteiger partial charge in [-0.3, -0.25) is 14.5 Å². The predicted octanol–water partition coefficient (Wildman–Crippen LogP) is 3.61. The van der Waals surface area contributed by atoms with Crippen molar-refractivity contribution >= 4 is 29.3 Å². The third-order valence-corrected chi connectivity index (χ3v) is 5.00. The number of aryl methyl sites for hydroxylation is 2. The molecule has 0 unspecified atom stereocenters. The highest BCUT2D eigenvalue weighted by Crippen LogP contribution is 2.33. The Kier molecular flexibility index (Phi) is 4.59. The van der Waals surface area contributed by atoms with Gasteiger partial charge in [-0.2, -0.15) is 0 Å². The molecule has 1 heterocycles. The number of nitrogens with one attached hydrogen (secondary N) is 1. The molecule has 1 N–H and O–H groups in total. The van der Waals surface area contributed by atoms with Gasteiger partial charge in [-0.25, -0.2) is 4.79 Å². The van der Waals surface area contributed by atoms with Crippen molar-refractivity contribution in [3.63, 3.8) is 0 Å². The fraction of sp³-hybridized carbons (Fsp3) is 0.250. The summed E-state index contributed by atoms with van der Waals surface area (Å²) in [6.07, 6.45) is 0. The van der Waals surface area contributed by atoms with Gasteiger partial charge < -0.3 is 5.32 Å². The maximum absolute atomic E-state index is 12.9. The Labute approximate surface area is 156 Å². The fourth-order valence-corrected chi connectivity index (χ4v) is 3.57. The number of carbonyl (C=O) groups is 3. The van der Waals surface area contributed by atoms with Gasteiger partial charge in [-0.15, -0.1) is 0 Å². The highest BCUT2D eigenvalue weighted by Gasteiger charge is 2.50. The van der Waals surface area contributed by atoms with Crippen molar-refractivity contribution in [2.75, 3.05) is 6.54 Å². The zero-order valence-corrected chi connectivity index (χ0v) is 15.6. The monoisotopic (exact) mass is 370 g/mol. The van der Waals surface area contributed by atoms with Crippen LogP contribution in [0.5, 0.6) is 0 Å². The molecule has 1 atom stereocenters. The molecule has 1 aliphatic heterocycles. The number of carbonyl (C=O) groups excluding carboxylic acids is 3. The molecule has 1 fully saturated rings. The summed E-state index contributed by atoms with van der Waals surface area (Å²) < 4.78 is 0. The molecule has 26 heavy (non-hydrogen) atoms. The quantitative estimate of drug-likeness (QED) is 0.660. The number of Topliss-reactive ketones (excluding diaryl/α,β-unsaturated/α-hetero) is 1. The van der Waals surface area contributed by atoms with Crippen molar-refractivity contribution in [2.24, 2.45) is 0 Å². The van der Waals surface area contributed by atoms with Gasteiger partial charge in [0.2, 0.25) is 0 Å². The second-order valence-corrected chi connectivity index (χ2v) is 7.08. The fourth-order valence-electron chi connectivity index (χ4n) is 3.25. The van der Waals surface area contributed by atoms with Gasteiger partial charge >= 0.3 is 6.03 Å². The van der Waals surface area contributed by atoms with E-state index < -0.39 is 17.5 Å². The number of hydrogen-bond donors (Lipinski definition) is 1. The molecule has 0 spiro atoms. The lowest BCUT2D eigenvalue weighted by atomic mass is 9.92. The van der Waals surface area contributed by atoms with E-state index in [1.807, 2.05) is 26.0 Å². The largest absolute Gasteiger partial charge is 0.325 e. The minimum Gasteiger partial charge on any atom is -0.319 e. The molecule has 5 nitrogen and oxygen atoms in total. The van der Waals surface area contributed by atoms with Gasteiger partial charge in [0.25, 0.3) is 5.91 Å². The third-order valence-electron chi connectivity index (χ3n) is 4.67. The molecule has 0 aliphatic carbocycles. The highest BCUT2D eigenvalue weighted by atomic mass is 35.5. The van der Waals surface area contributed by atoms with Gasteiger partial charge in [0.05, 0.1) is 6.54 Å². The SMILES string of the molecule is Cc1ccc(C(=O)CN2C(=O)N[C@](C)(c3ccccc3Cl)C2=O)c(C)c1. The molecule has 0 saturated carbocycles. The molecular weight excluding hydrogens is 352 g/mol. The summed E-state index contributed by atoms with van der Waals surface area (Å²) in [5.41, 5.74) is 1.57. The Morgan fingerprint density at radius 1 is 1.15 bits per heavy atom. The molecule has 1 aliphatic rings. The van der Waals surface area contributed by atoms with E-state index in [-0.39, 0.29) is 12.3 Å². The Hall–Kier alpha value is -2.66. The van der Waals surface area contributed by atoms with Crippen molar-refractivity contribution in [1.29, 1.82) is 0 Å². The third kappa shape index (κ3) is 2.99. The first kappa shape index (κ1) is 18.1. The minimum atomic E-state index is -1.29. The Balaban J connectivity index is 1.88. The lowest BCUT2D eigenvalue weighted by Crippen LogP contribution is -2.41. The van der Waals surface area contributed by atoms with Crippen molar-refractivity contribution in [1.82, 2.24) is 10.2 Å². The molecule has 0 radical (unpaired) electrons. The number of urea groups is 1. The topological polar surface area (TPSA) is 66.5 Å². The van der Waals surface area contributed by atoms with Crippen LogP contribution in [0.4, 0.5) is 4.79 Å². The number of hydrogen-bond acceptors (Lipinski definition) is 3. The summed E-state index contributed by atoms with van der Waals surface area (Å²) in [6, 6.07) is 11.7. The summed E-state index contributed by atoms with van der Waals surface area (Å²) in [7, 11) is 0. The maximum atomic E-state index is 12.9. The molecule has 3 rings (SSSR count). The number of halogens is 1. The lowest BCUT2D eigenvalue weighted by Gasteiger charge is -2.23. The van der Waals surface area contributed by atoms with Crippen molar-refractivity contribution in [3.8, 4) is 0 Å². The van der Waals surface area contributed by atoms with Crippen LogP contribution in [0.3, 0.4) is 0 Å². The smallest absolute Gasteiger partial charge is 0.319 e. The molecule has 0 bridgehead atoms. The van der Waals surface area contributed by atoms with E-state index in [1.165, 1.54) is 0 Å². The summed E-state index contributed by atoms with van der Waals surface area (Å²) in [4.78, 5) is 38.9. The summed E-state index contributed by atoms with van der Waals surface area (Å²) in [5.74, 6) is -0.775. The van der Waals surface area contributed by atoms with Crippen LogP contribution in [-0.4, -0.2) is 29.2 Å². The van der Waals surface area contributed by atoms with E-state index in [2.05, 4.69) is 5.32 Å². The van der Waals surface area contributed by atoms with Crippen LogP contribution in [0.2, 0.25) is 5.02 Å². The first-order valence-electron chi connectivity index (χ1n) is 8.23. The first-order valence-corrected chi connectivity index (χ1v) is 8.61. The second-order valence-electron chi connectivity index (χ2n) is 6.67. The van der Waals surface area contributed by atoms with Crippen LogP contribution >= 0.6 is 11.6 Å². The molecule has 2 aromatic rings. The molecular formula is C20H19ClN2O3. The minimum absolute atomic E-state index is 0.283. The van der Waals surface area contributed by atoms with Crippen molar-refractivity contribution < 1.29 is 14.4 Å². The molecule has 6 heteroatoms.